The molecule has 0 saturated carbocycles. The molecule has 6 heteroatoms. The zero-order valence-corrected chi connectivity index (χ0v) is 17.8. The van der Waals surface area contributed by atoms with Crippen molar-refractivity contribution in [2.24, 2.45) is 11.8 Å². The third kappa shape index (κ3) is 6.28. The Morgan fingerprint density at radius 3 is 1.71 bits per heavy atom. The fraction of sp³-hybridized carbons (Fsp3) is 0.455. The van der Waals surface area contributed by atoms with Crippen LogP contribution in [0.4, 0.5) is 0 Å². The summed E-state index contributed by atoms with van der Waals surface area (Å²) in [5.74, 6) is 1.51. The fourth-order valence-corrected chi connectivity index (χ4v) is 4.08. The largest absolute Gasteiger partial charge is 0.495 e. The van der Waals surface area contributed by atoms with E-state index in [2.05, 4.69) is 0 Å². The van der Waals surface area contributed by atoms with Gasteiger partial charge in [0.2, 0.25) is 0 Å². The fourth-order valence-electron chi connectivity index (χ4n) is 3.52. The topological polar surface area (TPSA) is 58.9 Å². The first-order valence-corrected chi connectivity index (χ1v) is 10.1. The van der Waals surface area contributed by atoms with Crippen LogP contribution < -0.4 is 9.47 Å². The monoisotopic (exact) mass is 426 g/mol. The van der Waals surface area contributed by atoms with Gasteiger partial charge in [0.25, 0.3) is 0 Å². The first-order chi connectivity index (χ1) is 13.5. The molecular formula is C22H28Cl2O4. The van der Waals surface area contributed by atoms with Crippen molar-refractivity contribution in [3.8, 4) is 11.5 Å². The van der Waals surface area contributed by atoms with Crippen molar-refractivity contribution in [2.75, 3.05) is 27.4 Å². The predicted molar refractivity (Wildman–Crippen MR) is 114 cm³/mol. The molecule has 0 amide bonds. The summed E-state index contributed by atoms with van der Waals surface area (Å²) in [6, 6.07) is 11.5. The normalized spacial score (nSPS) is 13.2. The number of hydrogen-bond acceptors (Lipinski definition) is 4. The Morgan fingerprint density at radius 1 is 0.821 bits per heavy atom. The van der Waals surface area contributed by atoms with Gasteiger partial charge in [0.1, 0.15) is 11.5 Å². The summed E-state index contributed by atoms with van der Waals surface area (Å²) in [4.78, 5) is 0. The highest BCUT2D eigenvalue weighted by Crippen LogP contribution is 2.32. The zero-order chi connectivity index (χ0) is 20.5. The van der Waals surface area contributed by atoms with E-state index < -0.39 is 0 Å². The molecule has 0 aliphatic heterocycles. The molecule has 0 aliphatic rings. The molecule has 2 atom stereocenters. The second-order valence-electron chi connectivity index (χ2n) is 6.91. The van der Waals surface area contributed by atoms with E-state index in [1.807, 2.05) is 36.4 Å². The van der Waals surface area contributed by atoms with Crippen LogP contribution in [-0.4, -0.2) is 37.6 Å². The first kappa shape index (κ1) is 22.8. The molecular weight excluding hydrogens is 399 g/mol. The summed E-state index contributed by atoms with van der Waals surface area (Å²) in [7, 11) is 3.18. The van der Waals surface area contributed by atoms with Crippen molar-refractivity contribution < 1.29 is 19.7 Å². The highest BCUT2D eigenvalue weighted by Gasteiger charge is 2.22. The van der Waals surface area contributed by atoms with Gasteiger partial charge in [-0.3, -0.25) is 0 Å². The molecule has 2 rings (SSSR count). The Morgan fingerprint density at radius 2 is 1.32 bits per heavy atom. The van der Waals surface area contributed by atoms with E-state index in [0.717, 1.165) is 24.0 Å². The Balaban J connectivity index is 2.18. The SMILES string of the molecule is COc1ccc(C[C@H](CO)[C@@H](CCCO)Cc2ccc(OC)c(Cl)c2)cc1Cl. The molecule has 0 spiro atoms. The minimum Gasteiger partial charge on any atom is -0.495 e. The van der Waals surface area contributed by atoms with Crippen LogP contribution in [0.5, 0.6) is 11.5 Å². The van der Waals surface area contributed by atoms with Crippen molar-refractivity contribution in [1.82, 2.24) is 0 Å². The number of halogens is 2. The summed E-state index contributed by atoms with van der Waals surface area (Å²) in [5, 5.41) is 20.5. The molecule has 2 aromatic carbocycles. The van der Waals surface area contributed by atoms with Gasteiger partial charge in [-0.15, -0.1) is 0 Å². The maximum atomic E-state index is 10.1. The van der Waals surface area contributed by atoms with Gasteiger partial charge in [-0.1, -0.05) is 35.3 Å². The summed E-state index contributed by atoms with van der Waals surface area (Å²) in [6.45, 7) is 0.190. The number of ether oxygens (including phenoxy) is 2. The third-order valence-electron chi connectivity index (χ3n) is 5.06. The quantitative estimate of drug-likeness (QED) is 0.541. The van der Waals surface area contributed by atoms with E-state index in [9.17, 15) is 10.2 Å². The lowest BCUT2D eigenvalue weighted by Gasteiger charge is -2.26. The van der Waals surface area contributed by atoms with Gasteiger partial charge < -0.3 is 19.7 Å². The molecule has 0 bridgehead atoms. The lowest BCUT2D eigenvalue weighted by atomic mass is 9.80. The van der Waals surface area contributed by atoms with E-state index in [1.165, 1.54) is 0 Å². The average molecular weight is 427 g/mol. The number of aliphatic hydroxyl groups excluding tert-OH is 2. The average Bonchev–Trinajstić information content (AvgIpc) is 2.69. The molecule has 28 heavy (non-hydrogen) atoms. The van der Waals surface area contributed by atoms with E-state index in [-0.39, 0.29) is 25.0 Å². The molecule has 0 aromatic heterocycles. The lowest BCUT2D eigenvalue weighted by molar-refractivity contribution is 0.158. The van der Waals surface area contributed by atoms with Gasteiger partial charge in [-0.2, -0.15) is 0 Å². The molecule has 0 unspecified atom stereocenters. The van der Waals surface area contributed by atoms with Crippen molar-refractivity contribution in [1.29, 1.82) is 0 Å². The molecule has 154 valence electrons. The maximum Gasteiger partial charge on any atom is 0.137 e. The molecule has 0 fully saturated rings. The van der Waals surface area contributed by atoms with Crippen LogP contribution in [0.2, 0.25) is 10.0 Å². The standard InChI is InChI=1S/C22H28Cl2O4/c1-27-21-7-5-15(12-19(21)23)10-17(4-3-9-25)18(14-26)11-16-6-8-22(28-2)20(24)13-16/h5-8,12-13,17-18,25-26H,3-4,9-11,14H2,1-2H3/t17-,18+/m0/s1. The summed E-state index contributed by atoms with van der Waals surface area (Å²) >= 11 is 12.5. The molecule has 0 aliphatic carbocycles. The van der Waals surface area contributed by atoms with Crippen molar-refractivity contribution in [3.05, 3.63) is 57.6 Å². The van der Waals surface area contributed by atoms with Crippen LogP contribution in [0.1, 0.15) is 24.0 Å². The van der Waals surface area contributed by atoms with Crippen LogP contribution in [0.15, 0.2) is 36.4 Å². The second-order valence-corrected chi connectivity index (χ2v) is 7.73. The highest BCUT2D eigenvalue weighted by atomic mass is 35.5. The Bertz CT molecular complexity index is 751. The minimum atomic E-state index is 0.0388. The van der Waals surface area contributed by atoms with Crippen LogP contribution >= 0.6 is 23.2 Å². The van der Waals surface area contributed by atoms with E-state index in [4.69, 9.17) is 32.7 Å². The van der Waals surface area contributed by atoms with Crippen LogP contribution in [-0.2, 0) is 12.8 Å². The summed E-state index contributed by atoms with van der Waals surface area (Å²) in [6.07, 6.45) is 2.96. The van der Waals surface area contributed by atoms with Gasteiger partial charge in [-0.25, -0.2) is 0 Å². The molecule has 4 nitrogen and oxygen atoms in total. The number of benzene rings is 2. The van der Waals surface area contributed by atoms with Gasteiger partial charge in [0.15, 0.2) is 0 Å². The Kier molecular flexibility index (Phi) is 9.39. The summed E-state index contributed by atoms with van der Waals surface area (Å²) in [5.41, 5.74) is 2.13. The molecule has 0 heterocycles. The third-order valence-corrected chi connectivity index (χ3v) is 5.65. The van der Waals surface area contributed by atoms with Crippen LogP contribution in [0.3, 0.4) is 0 Å². The zero-order valence-electron chi connectivity index (χ0n) is 16.3. The van der Waals surface area contributed by atoms with E-state index in [1.54, 1.807) is 14.2 Å². The molecule has 0 radical (unpaired) electrons. The van der Waals surface area contributed by atoms with E-state index in [0.29, 0.717) is 34.4 Å². The first-order valence-electron chi connectivity index (χ1n) is 9.38. The minimum absolute atomic E-state index is 0.0388. The molecule has 2 aromatic rings. The number of aliphatic hydroxyl groups is 2. The van der Waals surface area contributed by atoms with Crippen LogP contribution in [0, 0.1) is 11.8 Å². The summed E-state index contributed by atoms with van der Waals surface area (Å²) < 4.78 is 10.4. The van der Waals surface area contributed by atoms with Crippen LogP contribution in [0.25, 0.3) is 0 Å². The van der Waals surface area contributed by atoms with Gasteiger partial charge in [-0.05, 0) is 72.9 Å². The lowest BCUT2D eigenvalue weighted by Crippen LogP contribution is -2.23. The maximum absolute atomic E-state index is 10.1. The van der Waals surface area contributed by atoms with Gasteiger partial charge in [0, 0.05) is 13.2 Å². The number of methoxy groups -OCH3 is 2. The van der Waals surface area contributed by atoms with Gasteiger partial charge >= 0.3 is 0 Å². The Hall–Kier alpha value is -1.46. The smallest absolute Gasteiger partial charge is 0.137 e. The molecule has 0 saturated heterocycles. The van der Waals surface area contributed by atoms with Crippen molar-refractivity contribution in [3.63, 3.8) is 0 Å². The van der Waals surface area contributed by atoms with Gasteiger partial charge in [0.05, 0.1) is 24.3 Å². The van der Waals surface area contributed by atoms with Crippen molar-refractivity contribution >= 4 is 23.2 Å². The second kappa shape index (κ2) is 11.5. The number of hydrogen-bond donors (Lipinski definition) is 2. The predicted octanol–water partition coefficient (Wildman–Crippen LogP) is 4.79. The van der Waals surface area contributed by atoms with Crippen molar-refractivity contribution in [2.45, 2.75) is 25.7 Å². The van der Waals surface area contributed by atoms with E-state index >= 15 is 0 Å². The highest BCUT2D eigenvalue weighted by molar-refractivity contribution is 6.32. The molecule has 2 N–H and O–H groups in total. The number of rotatable bonds is 11. The Labute approximate surface area is 177 Å².